The Labute approximate surface area is 121 Å². The Morgan fingerprint density at radius 3 is 2.55 bits per heavy atom. The lowest BCUT2D eigenvalue weighted by molar-refractivity contribution is 0.239. The van der Waals surface area contributed by atoms with E-state index < -0.39 is 14.6 Å². The predicted octanol–water partition coefficient (Wildman–Crippen LogP) is 3.42. The van der Waals surface area contributed by atoms with Crippen LogP contribution in [-0.4, -0.2) is 25.5 Å². The molecule has 4 heteroatoms. The van der Waals surface area contributed by atoms with Crippen molar-refractivity contribution in [3.63, 3.8) is 0 Å². The van der Waals surface area contributed by atoms with Crippen molar-refractivity contribution in [2.24, 2.45) is 0 Å². The lowest BCUT2D eigenvalue weighted by Gasteiger charge is -2.09. The molecule has 1 atom stereocenters. The smallest absolute Gasteiger partial charge is 0.158 e. The molecule has 0 saturated carbocycles. The number of rotatable bonds is 7. The molecule has 0 bridgehead atoms. The van der Waals surface area contributed by atoms with E-state index in [1.54, 1.807) is 6.26 Å². The normalized spacial score (nSPS) is 24.4. The van der Waals surface area contributed by atoms with Crippen LogP contribution < -0.4 is 0 Å². The quantitative estimate of drug-likeness (QED) is 0.439. The third kappa shape index (κ3) is 3.23. The van der Waals surface area contributed by atoms with Gasteiger partial charge in [-0.2, -0.15) is 0 Å². The van der Waals surface area contributed by atoms with Crippen molar-refractivity contribution in [3.8, 4) is 0 Å². The first-order chi connectivity index (χ1) is 9.51. The molecule has 1 aliphatic rings. The molecule has 0 amide bonds. The van der Waals surface area contributed by atoms with Gasteiger partial charge in [0.15, 0.2) is 9.84 Å². The van der Waals surface area contributed by atoms with E-state index in [2.05, 4.69) is 0 Å². The molecule has 0 N–H and O–H groups in total. The lowest BCUT2D eigenvalue weighted by Crippen LogP contribution is -2.12. The third-order valence-corrected chi connectivity index (χ3v) is 6.59. The number of sulfone groups is 1. The highest BCUT2D eigenvalue weighted by Gasteiger charge is 2.58. The largest absolute Gasteiger partial charge is 0.501 e. The van der Waals surface area contributed by atoms with Gasteiger partial charge in [-0.25, -0.2) is 8.42 Å². The minimum atomic E-state index is -2.79. The van der Waals surface area contributed by atoms with Crippen LogP contribution in [0.4, 0.5) is 0 Å². The van der Waals surface area contributed by atoms with Gasteiger partial charge >= 0.3 is 0 Å². The fraction of sp³-hybridized carbons (Fsp3) is 0.500. The van der Waals surface area contributed by atoms with E-state index in [0.29, 0.717) is 25.2 Å². The average Bonchev–Trinajstić information content (AvgIpc) is 3.01. The summed E-state index contributed by atoms with van der Waals surface area (Å²) in [6.07, 6.45) is 3.97. The molecule has 0 spiro atoms. The molecule has 3 nitrogen and oxygen atoms in total. The molecule has 20 heavy (non-hydrogen) atoms. The molecule has 1 heterocycles. The van der Waals surface area contributed by atoms with Gasteiger partial charge < -0.3 is 4.74 Å². The van der Waals surface area contributed by atoms with E-state index in [1.807, 2.05) is 44.2 Å². The van der Waals surface area contributed by atoms with Crippen LogP contribution in [0.2, 0.25) is 0 Å². The second-order valence-electron chi connectivity index (χ2n) is 5.44. The van der Waals surface area contributed by atoms with Crippen molar-refractivity contribution in [1.29, 1.82) is 0 Å². The molecule has 0 aromatic heterocycles. The van der Waals surface area contributed by atoms with Crippen LogP contribution in [0.25, 0.3) is 5.57 Å². The summed E-state index contributed by atoms with van der Waals surface area (Å²) in [5, 5.41) is 0. The topological polar surface area (TPSA) is 43.4 Å². The number of benzene rings is 1. The molecule has 2 rings (SSSR count). The summed E-state index contributed by atoms with van der Waals surface area (Å²) in [4.78, 5) is 0. The zero-order chi connectivity index (χ0) is 14.6. The van der Waals surface area contributed by atoms with E-state index >= 15 is 0 Å². The number of hydrogen-bond acceptors (Lipinski definition) is 3. The maximum Gasteiger partial charge on any atom is 0.158 e. The van der Waals surface area contributed by atoms with Crippen LogP contribution in [0.1, 0.15) is 38.7 Å². The number of allylic oxidation sites excluding steroid dienone is 1. The zero-order valence-electron chi connectivity index (χ0n) is 12.1. The predicted molar refractivity (Wildman–Crippen MR) is 82.1 cm³/mol. The van der Waals surface area contributed by atoms with Crippen molar-refractivity contribution in [3.05, 3.63) is 42.2 Å². The van der Waals surface area contributed by atoms with Crippen molar-refractivity contribution in [2.45, 2.75) is 37.9 Å². The summed E-state index contributed by atoms with van der Waals surface area (Å²) in [5.41, 5.74) is 2.22. The van der Waals surface area contributed by atoms with Crippen LogP contribution >= 0.6 is 0 Å². The minimum absolute atomic E-state index is 0.357. The summed E-state index contributed by atoms with van der Waals surface area (Å²) in [7, 11) is -2.79. The number of hydrogen-bond donors (Lipinski definition) is 0. The molecule has 0 aliphatic carbocycles. The molecule has 110 valence electrons. The minimum Gasteiger partial charge on any atom is -0.501 e. The molecule has 0 radical (unpaired) electrons. The summed E-state index contributed by atoms with van der Waals surface area (Å²) in [5.74, 6) is 0.357. The molecule has 1 unspecified atom stereocenters. The van der Waals surface area contributed by atoms with Crippen LogP contribution in [-0.2, 0) is 14.6 Å². The average molecular weight is 294 g/mol. The standard InChI is InChI=1S/C16H22O3S/c1-3-16(13-20(16,17)18)10-7-11-19-12-14(2)15-8-5-4-6-9-15/h4-6,8-9,12H,3,7,10-11,13H2,1-2H3/b14-12-. The summed E-state index contributed by atoms with van der Waals surface area (Å²) < 4.78 is 28.2. The maximum absolute atomic E-state index is 11.5. The van der Waals surface area contributed by atoms with Crippen LogP contribution in [0.15, 0.2) is 36.6 Å². The van der Waals surface area contributed by atoms with Gasteiger partial charge in [0, 0.05) is 0 Å². The summed E-state index contributed by atoms with van der Waals surface area (Å²) in [6.45, 7) is 4.53. The summed E-state index contributed by atoms with van der Waals surface area (Å²) >= 11 is 0. The van der Waals surface area contributed by atoms with E-state index in [-0.39, 0.29) is 0 Å². The van der Waals surface area contributed by atoms with Gasteiger partial charge in [0.25, 0.3) is 0 Å². The van der Waals surface area contributed by atoms with E-state index in [1.165, 1.54) is 0 Å². The van der Waals surface area contributed by atoms with Gasteiger partial charge in [-0.05, 0) is 37.3 Å². The van der Waals surface area contributed by atoms with E-state index in [0.717, 1.165) is 17.6 Å². The maximum atomic E-state index is 11.5. The Bertz CT molecular complexity index is 575. The Morgan fingerprint density at radius 2 is 2.00 bits per heavy atom. The van der Waals surface area contributed by atoms with Gasteiger partial charge in [0.1, 0.15) is 0 Å². The Balaban J connectivity index is 1.75. The van der Waals surface area contributed by atoms with Gasteiger partial charge in [-0.1, -0.05) is 37.3 Å². The summed E-state index contributed by atoms with van der Waals surface area (Å²) in [6, 6.07) is 10.1. The van der Waals surface area contributed by atoms with Crippen molar-refractivity contribution < 1.29 is 13.2 Å². The molecule has 1 aromatic carbocycles. The Morgan fingerprint density at radius 1 is 1.35 bits per heavy atom. The zero-order valence-corrected chi connectivity index (χ0v) is 12.9. The Kier molecular flexibility index (Phi) is 4.53. The van der Waals surface area contributed by atoms with Gasteiger partial charge in [-0.3, -0.25) is 0 Å². The highest BCUT2D eigenvalue weighted by Crippen LogP contribution is 2.43. The first-order valence-electron chi connectivity index (χ1n) is 7.07. The highest BCUT2D eigenvalue weighted by atomic mass is 32.2. The highest BCUT2D eigenvalue weighted by molar-refractivity contribution is 8.00. The molecule has 1 saturated heterocycles. The molecule has 1 aliphatic heterocycles. The molecular weight excluding hydrogens is 272 g/mol. The monoisotopic (exact) mass is 294 g/mol. The lowest BCUT2D eigenvalue weighted by atomic mass is 10.0. The van der Waals surface area contributed by atoms with Crippen molar-refractivity contribution in [1.82, 2.24) is 0 Å². The Hall–Kier alpha value is -1.29. The second-order valence-corrected chi connectivity index (χ2v) is 7.82. The van der Waals surface area contributed by atoms with Crippen LogP contribution in [0.3, 0.4) is 0 Å². The molecule has 1 fully saturated rings. The van der Waals surface area contributed by atoms with Gasteiger partial charge in [0.05, 0.1) is 23.4 Å². The van der Waals surface area contributed by atoms with Crippen LogP contribution in [0, 0.1) is 0 Å². The van der Waals surface area contributed by atoms with Crippen molar-refractivity contribution >= 4 is 15.4 Å². The third-order valence-electron chi connectivity index (χ3n) is 4.05. The first kappa shape index (κ1) is 15.1. The van der Waals surface area contributed by atoms with E-state index in [4.69, 9.17) is 4.74 Å². The van der Waals surface area contributed by atoms with Crippen LogP contribution in [0.5, 0.6) is 0 Å². The van der Waals surface area contributed by atoms with Gasteiger partial charge in [-0.15, -0.1) is 0 Å². The fourth-order valence-corrected chi connectivity index (χ4v) is 4.64. The van der Waals surface area contributed by atoms with E-state index in [9.17, 15) is 8.42 Å². The molecular formula is C16H22O3S. The fourth-order valence-electron chi connectivity index (χ4n) is 2.47. The first-order valence-corrected chi connectivity index (χ1v) is 8.72. The number of ether oxygens (including phenoxy) is 1. The second kappa shape index (κ2) is 6.00. The molecule has 1 aromatic rings. The van der Waals surface area contributed by atoms with Crippen molar-refractivity contribution in [2.75, 3.05) is 12.4 Å². The SMILES string of the molecule is CCC1(CCCO/C=C(/C)c2ccccc2)CS1(=O)=O. The van der Waals surface area contributed by atoms with Gasteiger partial charge in [0.2, 0.25) is 0 Å².